The lowest BCUT2D eigenvalue weighted by Gasteiger charge is -2.34. The van der Waals surface area contributed by atoms with Crippen LogP contribution in [-0.4, -0.2) is 39.6 Å². The van der Waals surface area contributed by atoms with E-state index < -0.39 is 0 Å². The lowest BCUT2D eigenvalue weighted by Crippen LogP contribution is -2.36. The standard InChI is InChI=1S/C20H28FN5/c1-14-12-15(21)13-23-19(14)17-4-3-5-18(24-17)20-22-8-11-26(20)16-6-9-25(2)10-7-16/h8,11-13,16-18,24H,3-7,9-10H2,1-2H3/t17-,18+/m0/s1. The molecule has 2 aliphatic heterocycles. The summed E-state index contributed by atoms with van der Waals surface area (Å²) in [6.45, 7) is 4.22. The molecule has 4 heterocycles. The Kier molecular flexibility index (Phi) is 5.05. The molecule has 0 aromatic carbocycles. The first-order valence-corrected chi connectivity index (χ1v) is 9.71. The van der Waals surface area contributed by atoms with Gasteiger partial charge in [-0.2, -0.15) is 0 Å². The van der Waals surface area contributed by atoms with Crippen molar-refractivity contribution in [1.82, 2.24) is 24.8 Å². The van der Waals surface area contributed by atoms with Gasteiger partial charge in [-0.1, -0.05) is 0 Å². The molecule has 2 saturated heterocycles. The summed E-state index contributed by atoms with van der Waals surface area (Å²) in [7, 11) is 2.19. The fourth-order valence-electron chi connectivity index (χ4n) is 4.45. The van der Waals surface area contributed by atoms with Crippen LogP contribution in [0.3, 0.4) is 0 Å². The van der Waals surface area contributed by atoms with Crippen LogP contribution in [0.5, 0.6) is 0 Å². The van der Waals surface area contributed by atoms with Crippen LogP contribution in [-0.2, 0) is 0 Å². The highest BCUT2D eigenvalue weighted by Crippen LogP contribution is 2.34. The molecule has 5 nitrogen and oxygen atoms in total. The van der Waals surface area contributed by atoms with Crippen molar-refractivity contribution in [3.63, 3.8) is 0 Å². The van der Waals surface area contributed by atoms with Crippen molar-refractivity contribution in [2.24, 2.45) is 0 Å². The zero-order valence-electron chi connectivity index (χ0n) is 15.7. The predicted octanol–water partition coefficient (Wildman–Crippen LogP) is 3.55. The molecule has 0 spiro atoms. The number of rotatable bonds is 3. The molecule has 2 atom stereocenters. The van der Waals surface area contributed by atoms with Gasteiger partial charge in [0.1, 0.15) is 11.6 Å². The second kappa shape index (κ2) is 7.45. The maximum Gasteiger partial charge on any atom is 0.141 e. The quantitative estimate of drug-likeness (QED) is 0.913. The molecule has 2 aromatic heterocycles. The van der Waals surface area contributed by atoms with E-state index in [-0.39, 0.29) is 17.9 Å². The minimum absolute atomic E-state index is 0.164. The van der Waals surface area contributed by atoms with Gasteiger partial charge in [-0.3, -0.25) is 10.3 Å². The van der Waals surface area contributed by atoms with Crippen molar-refractivity contribution in [2.45, 2.75) is 57.2 Å². The number of aromatic nitrogens is 3. The fraction of sp³-hybridized carbons (Fsp3) is 0.600. The molecule has 140 valence electrons. The average molecular weight is 357 g/mol. The largest absolute Gasteiger partial charge is 0.330 e. The number of aryl methyl sites for hydroxylation is 1. The number of imidazole rings is 1. The van der Waals surface area contributed by atoms with Crippen LogP contribution in [0.15, 0.2) is 24.7 Å². The van der Waals surface area contributed by atoms with E-state index >= 15 is 0 Å². The molecule has 0 unspecified atom stereocenters. The number of hydrogen-bond acceptors (Lipinski definition) is 4. The minimum Gasteiger partial charge on any atom is -0.330 e. The van der Waals surface area contributed by atoms with Crippen molar-refractivity contribution in [2.75, 3.05) is 20.1 Å². The molecule has 1 N–H and O–H groups in total. The third kappa shape index (κ3) is 3.53. The summed E-state index contributed by atoms with van der Waals surface area (Å²) in [5.41, 5.74) is 1.88. The van der Waals surface area contributed by atoms with E-state index in [1.165, 1.54) is 19.0 Å². The topological polar surface area (TPSA) is 46.0 Å². The van der Waals surface area contributed by atoms with Crippen molar-refractivity contribution < 1.29 is 4.39 Å². The zero-order valence-corrected chi connectivity index (χ0v) is 15.7. The van der Waals surface area contributed by atoms with Crippen LogP contribution in [0.25, 0.3) is 0 Å². The normalized spacial score (nSPS) is 25.5. The molecule has 0 bridgehead atoms. The Bertz CT molecular complexity index is 750. The number of halogens is 1. The lowest BCUT2D eigenvalue weighted by atomic mass is 9.93. The van der Waals surface area contributed by atoms with Gasteiger partial charge in [0.25, 0.3) is 0 Å². The molecule has 2 aliphatic rings. The summed E-state index contributed by atoms with van der Waals surface area (Å²) < 4.78 is 15.8. The van der Waals surface area contributed by atoms with Gasteiger partial charge in [-0.05, 0) is 70.8 Å². The number of nitrogens with one attached hydrogen (secondary N) is 1. The van der Waals surface area contributed by atoms with Gasteiger partial charge in [0.05, 0.1) is 24.0 Å². The van der Waals surface area contributed by atoms with Crippen molar-refractivity contribution in [3.05, 3.63) is 47.6 Å². The van der Waals surface area contributed by atoms with Gasteiger partial charge in [-0.25, -0.2) is 9.37 Å². The second-order valence-corrected chi connectivity index (χ2v) is 7.79. The van der Waals surface area contributed by atoms with Crippen molar-refractivity contribution >= 4 is 0 Å². The predicted molar refractivity (Wildman–Crippen MR) is 99.4 cm³/mol. The van der Waals surface area contributed by atoms with Gasteiger partial charge >= 0.3 is 0 Å². The monoisotopic (exact) mass is 357 g/mol. The molecule has 4 rings (SSSR count). The highest BCUT2D eigenvalue weighted by atomic mass is 19.1. The van der Waals surface area contributed by atoms with E-state index in [2.05, 4.69) is 33.0 Å². The average Bonchev–Trinajstić information content (AvgIpc) is 3.12. The van der Waals surface area contributed by atoms with Crippen molar-refractivity contribution in [3.8, 4) is 0 Å². The summed E-state index contributed by atoms with van der Waals surface area (Å²) in [5, 5.41) is 3.74. The minimum atomic E-state index is -0.267. The molecule has 0 radical (unpaired) electrons. The Morgan fingerprint density at radius 3 is 2.65 bits per heavy atom. The number of likely N-dealkylation sites (tertiary alicyclic amines) is 1. The first-order valence-electron chi connectivity index (χ1n) is 9.71. The van der Waals surface area contributed by atoms with E-state index in [0.717, 1.165) is 49.4 Å². The van der Waals surface area contributed by atoms with E-state index in [9.17, 15) is 4.39 Å². The molecule has 26 heavy (non-hydrogen) atoms. The number of pyridine rings is 1. The molecular weight excluding hydrogens is 329 g/mol. The molecule has 0 saturated carbocycles. The van der Waals surface area contributed by atoms with E-state index in [4.69, 9.17) is 4.98 Å². The molecule has 6 heteroatoms. The van der Waals surface area contributed by atoms with Gasteiger partial charge in [-0.15, -0.1) is 0 Å². The first kappa shape index (κ1) is 17.6. The Hall–Kier alpha value is -1.79. The van der Waals surface area contributed by atoms with E-state index in [1.807, 2.05) is 13.1 Å². The lowest BCUT2D eigenvalue weighted by molar-refractivity contribution is 0.212. The fourth-order valence-corrected chi connectivity index (χ4v) is 4.45. The Labute approximate surface area is 154 Å². The van der Waals surface area contributed by atoms with Gasteiger partial charge in [0, 0.05) is 18.4 Å². The van der Waals surface area contributed by atoms with Gasteiger partial charge in [0.15, 0.2) is 0 Å². The highest BCUT2D eigenvalue weighted by Gasteiger charge is 2.30. The van der Waals surface area contributed by atoms with Crippen LogP contribution < -0.4 is 5.32 Å². The molecule has 2 aromatic rings. The van der Waals surface area contributed by atoms with Crippen LogP contribution in [0.1, 0.15) is 67.3 Å². The highest BCUT2D eigenvalue weighted by molar-refractivity contribution is 5.23. The maximum atomic E-state index is 13.4. The summed E-state index contributed by atoms with van der Waals surface area (Å²) in [4.78, 5) is 11.5. The van der Waals surface area contributed by atoms with E-state index in [1.54, 1.807) is 6.07 Å². The van der Waals surface area contributed by atoms with Crippen LogP contribution >= 0.6 is 0 Å². The Morgan fingerprint density at radius 1 is 1.12 bits per heavy atom. The Morgan fingerprint density at radius 2 is 1.88 bits per heavy atom. The summed E-state index contributed by atoms with van der Waals surface area (Å²) in [6, 6.07) is 2.51. The molecule has 0 amide bonds. The van der Waals surface area contributed by atoms with Gasteiger partial charge < -0.3 is 9.47 Å². The summed E-state index contributed by atoms with van der Waals surface area (Å²) >= 11 is 0. The Balaban J connectivity index is 1.53. The number of nitrogens with zero attached hydrogens (tertiary/aromatic N) is 4. The van der Waals surface area contributed by atoms with Crippen molar-refractivity contribution in [1.29, 1.82) is 0 Å². The van der Waals surface area contributed by atoms with Crippen LogP contribution in [0.2, 0.25) is 0 Å². The van der Waals surface area contributed by atoms with Crippen LogP contribution in [0, 0.1) is 12.7 Å². The van der Waals surface area contributed by atoms with E-state index in [0.29, 0.717) is 6.04 Å². The smallest absolute Gasteiger partial charge is 0.141 e. The summed E-state index contributed by atoms with van der Waals surface area (Å²) in [5.74, 6) is 0.875. The zero-order chi connectivity index (χ0) is 18.1. The molecule has 0 aliphatic carbocycles. The molecule has 2 fully saturated rings. The number of hydrogen-bond donors (Lipinski definition) is 1. The SMILES string of the molecule is Cc1cc(F)cnc1[C@@H]1CCC[C@H](c2nccn2C2CCN(C)CC2)N1. The number of piperidine rings is 2. The third-order valence-electron chi connectivity index (χ3n) is 5.90. The van der Waals surface area contributed by atoms with Crippen LogP contribution in [0.4, 0.5) is 4.39 Å². The maximum absolute atomic E-state index is 13.4. The first-order chi connectivity index (χ1) is 12.6. The third-order valence-corrected chi connectivity index (χ3v) is 5.90. The molecular formula is C20H28FN5. The summed E-state index contributed by atoms with van der Waals surface area (Å²) in [6.07, 6.45) is 11.0. The van der Waals surface area contributed by atoms with Gasteiger partial charge in [0.2, 0.25) is 0 Å². The second-order valence-electron chi connectivity index (χ2n) is 7.79.